The van der Waals surface area contributed by atoms with E-state index < -0.39 is 10.0 Å². The van der Waals surface area contributed by atoms with Crippen LogP contribution in [-0.2, 0) is 10.0 Å². The second-order valence-electron chi connectivity index (χ2n) is 6.29. The van der Waals surface area contributed by atoms with Gasteiger partial charge in [0.1, 0.15) is 0 Å². The number of hydrogen-bond acceptors (Lipinski definition) is 3. The molecule has 2 unspecified atom stereocenters. The highest BCUT2D eigenvalue weighted by Crippen LogP contribution is 2.26. The van der Waals surface area contributed by atoms with Crippen molar-refractivity contribution in [2.24, 2.45) is 16.6 Å². The fourth-order valence-electron chi connectivity index (χ4n) is 2.32. The minimum atomic E-state index is -3.15. The Morgan fingerprint density at radius 2 is 2.00 bits per heavy atom. The fraction of sp³-hybridized carbons (Fsp3) is 0.917. The zero-order chi connectivity index (χ0) is 14.7. The van der Waals surface area contributed by atoms with Crippen LogP contribution in [-0.4, -0.2) is 38.8 Å². The monoisotopic (exact) mass is 290 g/mol. The molecule has 0 radical (unpaired) electrons. The number of nitrogens with zero attached hydrogens (tertiary/aromatic N) is 1. The summed E-state index contributed by atoms with van der Waals surface area (Å²) in [5.74, 6) is 0.646. The molecule has 0 aliphatic heterocycles. The first-order valence-electron chi connectivity index (χ1n) is 6.62. The van der Waals surface area contributed by atoms with Crippen LogP contribution in [0.1, 0.15) is 40.0 Å². The van der Waals surface area contributed by atoms with Gasteiger partial charge in [-0.1, -0.05) is 6.42 Å². The van der Waals surface area contributed by atoms with Gasteiger partial charge in [0.2, 0.25) is 10.0 Å². The van der Waals surface area contributed by atoms with Gasteiger partial charge in [-0.15, -0.1) is 0 Å². The average molecular weight is 290 g/mol. The summed E-state index contributed by atoms with van der Waals surface area (Å²) in [5, 5.41) is 3.10. The van der Waals surface area contributed by atoms with Gasteiger partial charge < -0.3 is 11.1 Å². The molecular weight excluding hydrogens is 264 g/mol. The van der Waals surface area contributed by atoms with Crippen LogP contribution >= 0.6 is 0 Å². The maximum atomic E-state index is 11.3. The van der Waals surface area contributed by atoms with Crippen LogP contribution in [0.25, 0.3) is 0 Å². The van der Waals surface area contributed by atoms with E-state index in [-0.39, 0.29) is 17.5 Å². The van der Waals surface area contributed by atoms with Crippen molar-refractivity contribution in [3.63, 3.8) is 0 Å². The first kappa shape index (κ1) is 16.2. The lowest BCUT2D eigenvalue weighted by Gasteiger charge is -2.22. The minimum absolute atomic E-state index is 0.0128. The molecule has 112 valence electrons. The fourth-order valence-corrected chi connectivity index (χ4v) is 3.19. The van der Waals surface area contributed by atoms with E-state index >= 15 is 0 Å². The molecular formula is C12H26N4O2S. The van der Waals surface area contributed by atoms with Gasteiger partial charge >= 0.3 is 0 Å². The number of hydrogen-bond donors (Lipinski definition) is 3. The molecule has 0 aromatic carbocycles. The Bertz CT molecular complexity index is 426. The number of guanidine groups is 1. The third-order valence-electron chi connectivity index (χ3n) is 3.02. The van der Waals surface area contributed by atoms with Crippen molar-refractivity contribution >= 4 is 16.0 Å². The normalized spacial score (nSPS) is 25.6. The zero-order valence-corrected chi connectivity index (χ0v) is 13.0. The van der Waals surface area contributed by atoms with E-state index in [9.17, 15) is 8.42 Å². The Kier molecular flexibility index (Phi) is 5.20. The second kappa shape index (κ2) is 6.09. The Hall–Kier alpha value is -0.820. The van der Waals surface area contributed by atoms with Crippen LogP contribution in [0.2, 0.25) is 0 Å². The molecule has 6 nitrogen and oxygen atoms in total. The molecule has 4 N–H and O–H groups in total. The molecule has 0 bridgehead atoms. The van der Waals surface area contributed by atoms with E-state index in [2.05, 4.69) is 15.0 Å². The first-order valence-corrected chi connectivity index (χ1v) is 8.51. The molecule has 1 rings (SSSR count). The van der Waals surface area contributed by atoms with Crippen molar-refractivity contribution in [3.05, 3.63) is 0 Å². The standard InChI is InChI=1S/C12H26N4O2S/c1-12(2,3)15-11(13)14-8-9-6-5-7-10(9)16-19(4,17)18/h9-10,16H,5-8H2,1-4H3,(H3,13,14,15). The number of rotatable bonds is 4. The first-order chi connectivity index (χ1) is 8.57. The highest BCUT2D eigenvalue weighted by molar-refractivity contribution is 7.88. The van der Waals surface area contributed by atoms with Crippen molar-refractivity contribution in [3.8, 4) is 0 Å². The molecule has 0 spiro atoms. The predicted molar refractivity (Wildman–Crippen MR) is 78.5 cm³/mol. The summed E-state index contributed by atoms with van der Waals surface area (Å²) < 4.78 is 25.2. The van der Waals surface area contributed by atoms with Crippen LogP contribution < -0.4 is 15.8 Å². The Labute approximate surface area is 116 Å². The number of nitrogens with two attached hydrogens (primary N) is 1. The van der Waals surface area contributed by atoms with Gasteiger partial charge in [0.05, 0.1) is 6.26 Å². The van der Waals surface area contributed by atoms with E-state index in [0.717, 1.165) is 19.3 Å². The number of aliphatic imine (C=N–C) groups is 1. The van der Waals surface area contributed by atoms with E-state index in [1.54, 1.807) is 0 Å². The molecule has 1 saturated carbocycles. The van der Waals surface area contributed by atoms with E-state index in [0.29, 0.717) is 12.5 Å². The highest BCUT2D eigenvalue weighted by atomic mass is 32.2. The van der Waals surface area contributed by atoms with Crippen LogP contribution in [0.4, 0.5) is 0 Å². The molecule has 0 heterocycles. The van der Waals surface area contributed by atoms with Crippen molar-refractivity contribution in [1.29, 1.82) is 0 Å². The topological polar surface area (TPSA) is 96.6 Å². The Balaban J connectivity index is 2.54. The minimum Gasteiger partial charge on any atom is -0.370 e. The van der Waals surface area contributed by atoms with Crippen molar-refractivity contribution in [1.82, 2.24) is 10.0 Å². The van der Waals surface area contributed by atoms with Crippen LogP contribution in [0.5, 0.6) is 0 Å². The Morgan fingerprint density at radius 1 is 1.37 bits per heavy atom. The van der Waals surface area contributed by atoms with Crippen LogP contribution in [0, 0.1) is 5.92 Å². The predicted octanol–water partition coefficient (Wildman–Crippen LogP) is 0.407. The maximum absolute atomic E-state index is 11.3. The molecule has 1 fully saturated rings. The number of sulfonamides is 1. The van der Waals surface area contributed by atoms with Gasteiger partial charge in [0.25, 0.3) is 0 Å². The van der Waals surface area contributed by atoms with Crippen molar-refractivity contribution in [2.45, 2.75) is 51.6 Å². The van der Waals surface area contributed by atoms with Gasteiger partial charge in [-0.3, -0.25) is 4.99 Å². The lowest BCUT2D eigenvalue weighted by atomic mass is 10.1. The molecule has 19 heavy (non-hydrogen) atoms. The summed E-state index contributed by atoms with van der Waals surface area (Å²) >= 11 is 0. The number of nitrogens with one attached hydrogen (secondary N) is 2. The van der Waals surface area contributed by atoms with Gasteiger partial charge in [0.15, 0.2) is 5.96 Å². The van der Waals surface area contributed by atoms with Crippen LogP contribution in [0.3, 0.4) is 0 Å². The van der Waals surface area contributed by atoms with Crippen molar-refractivity contribution < 1.29 is 8.42 Å². The second-order valence-corrected chi connectivity index (χ2v) is 8.07. The maximum Gasteiger partial charge on any atom is 0.208 e. The van der Waals surface area contributed by atoms with Crippen LogP contribution in [0.15, 0.2) is 4.99 Å². The zero-order valence-electron chi connectivity index (χ0n) is 12.2. The van der Waals surface area contributed by atoms with E-state index in [1.807, 2.05) is 20.8 Å². The Morgan fingerprint density at radius 3 is 2.53 bits per heavy atom. The van der Waals surface area contributed by atoms with E-state index in [4.69, 9.17) is 5.73 Å². The highest BCUT2D eigenvalue weighted by Gasteiger charge is 2.29. The summed E-state index contributed by atoms with van der Waals surface area (Å²) in [6.45, 7) is 6.60. The summed E-state index contributed by atoms with van der Waals surface area (Å²) in [6, 6.07) is -0.0128. The SMILES string of the molecule is CC(C)(C)NC(N)=NCC1CCCC1NS(C)(=O)=O. The van der Waals surface area contributed by atoms with Gasteiger partial charge in [-0.2, -0.15) is 0 Å². The van der Waals surface area contributed by atoms with Crippen molar-refractivity contribution in [2.75, 3.05) is 12.8 Å². The summed E-state index contributed by atoms with van der Waals surface area (Å²) in [4.78, 5) is 4.32. The van der Waals surface area contributed by atoms with Gasteiger partial charge in [-0.25, -0.2) is 13.1 Å². The third-order valence-corrected chi connectivity index (χ3v) is 3.75. The largest absolute Gasteiger partial charge is 0.370 e. The summed E-state index contributed by atoms with van der Waals surface area (Å²) in [5.41, 5.74) is 5.69. The molecule has 0 amide bonds. The molecule has 0 aromatic heterocycles. The molecule has 0 aromatic rings. The smallest absolute Gasteiger partial charge is 0.208 e. The van der Waals surface area contributed by atoms with E-state index in [1.165, 1.54) is 6.26 Å². The molecule has 0 saturated heterocycles. The molecule has 7 heteroatoms. The summed E-state index contributed by atoms with van der Waals surface area (Å²) in [7, 11) is -3.15. The molecule has 2 atom stereocenters. The lowest BCUT2D eigenvalue weighted by molar-refractivity contribution is 0.452. The lowest BCUT2D eigenvalue weighted by Crippen LogP contribution is -2.45. The quantitative estimate of drug-likeness (QED) is 0.516. The average Bonchev–Trinajstić information content (AvgIpc) is 2.56. The molecule has 1 aliphatic carbocycles. The van der Waals surface area contributed by atoms with Gasteiger partial charge in [0, 0.05) is 18.1 Å². The molecule has 1 aliphatic rings. The van der Waals surface area contributed by atoms with Gasteiger partial charge in [-0.05, 0) is 39.5 Å². The summed E-state index contributed by atoms with van der Waals surface area (Å²) in [6.07, 6.45) is 4.08. The third kappa shape index (κ3) is 6.77.